The van der Waals surface area contributed by atoms with Gasteiger partial charge in [-0.25, -0.2) is 4.98 Å². The number of alkyl halides is 3. The van der Waals surface area contributed by atoms with Crippen LogP contribution in [0.25, 0.3) is 11.0 Å². The number of nitrogens with one attached hydrogen (secondary N) is 1. The molecule has 1 aliphatic rings. The lowest BCUT2D eigenvalue weighted by Gasteiger charge is -2.29. The van der Waals surface area contributed by atoms with Gasteiger partial charge in [0.05, 0.1) is 22.5 Å². The molecule has 1 aliphatic heterocycles. The highest BCUT2D eigenvalue weighted by Gasteiger charge is 2.31. The minimum atomic E-state index is -4.57. The number of hydrogen-bond acceptors (Lipinski definition) is 4. The van der Waals surface area contributed by atoms with Gasteiger partial charge < -0.3 is 14.6 Å². The van der Waals surface area contributed by atoms with E-state index in [1.54, 1.807) is 16.5 Å². The van der Waals surface area contributed by atoms with Gasteiger partial charge in [0.15, 0.2) is 0 Å². The highest BCUT2D eigenvalue weighted by Crippen LogP contribution is 2.32. The first kappa shape index (κ1) is 24.7. The van der Waals surface area contributed by atoms with Crippen molar-refractivity contribution >= 4 is 28.8 Å². The van der Waals surface area contributed by atoms with Gasteiger partial charge in [0.2, 0.25) is 11.9 Å². The van der Waals surface area contributed by atoms with E-state index in [0.29, 0.717) is 17.6 Å². The van der Waals surface area contributed by atoms with Gasteiger partial charge in [-0.3, -0.25) is 14.9 Å². The molecule has 3 aromatic rings. The van der Waals surface area contributed by atoms with E-state index >= 15 is 0 Å². The van der Waals surface area contributed by atoms with Crippen LogP contribution in [0.2, 0.25) is 0 Å². The molecule has 2 atom stereocenters. The molecule has 2 N–H and O–H groups in total. The van der Waals surface area contributed by atoms with Crippen molar-refractivity contribution < 1.29 is 27.9 Å². The number of hydrogen-bond donors (Lipinski definition) is 2. The van der Waals surface area contributed by atoms with Crippen LogP contribution < -0.4 is 5.32 Å². The number of carbonyl (C=O) groups is 2. The molecular weight excluding hydrogens is 461 g/mol. The van der Waals surface area contributed by atoms with Crippen LogP contribution in [-0.4, -0.2) is 51.6 Å². The summed E-state index contributed by atoms with van der Waals surface area (Å²) in [6, 6.07) is 9.68. The number of imidazole rings is 1. The van der Waals surface area contributed by atoms with Gasteiger partial charge in [0, 0.05) is 32.3 Å². The summed E-state index contributed by atoms with van der Waals surface area (Å²) >= 11 is 0. The first-order valence-electron chi connectivity index (χ1n) is 11.4. The maximum atomic E-state index is 13.1. The highest BCUT2D eigenvalue weighted by molar-refractivity contribution is 6.04. The van der Waals surface area contributed by atoms with Crippen LogP contribution >= 0.6 is 0 Å². The molecule has 2 aromatic carbocycles. The Morgan fingerprint density at radius 2 is 2.03 bits per heavy atom. The number of benzene rings is 2. The molecule has 186 valence electrons. The fraction of sp³-hybridized carbons (Fsp3) is 0.400. The average Bonchev–Trinajstić information content (AvgIpc) is 3.16. The Morgan fingerprint density at radius 1 is 1.26 bits per heavy atom. The second-order valence-corrected chi connectivity index (χ2v) is 9.07. The number of rotatable bonds is 6. The molecule has 0 radical (unpaired) electrons. The molecule has 0 bridgehead atoms. The van der Waals surface area contributed by atoms with E-state index in [0.717, 1.165) is 37.1 Å². The molecule has 0 aliphatic carbocycles. The van der Waals surface area contributed by atoms with Crippen molar-refractivity contribution in [2.75, 3.05) is 25.5 Å². The lowest BCUT2D eigenvalue weighted by molar-refractivity contribution is -0.137. The molecular formula is C25H27F3N4O3. The molecule has 2 amide bonds. The molecule has 0 saturated carbocycles. The van der Waals surface area contributed by atoms with Crippen LogP contribution in [0.1, 0.15) is 47.2 Å². The van der Waals surface area contributed by atoms with Gasteiger partial charge in [-0.15, -0.1) is 0 Å². The summed E-state index contributed by atoms with van der Waals surface area (Å²) in [7, 11) is 1.78. The molecule has 0 spiro atoms. The number of aromatic nitrogens is 2. The van der Waals surface area contributed by atoms with E-state index in [4.69, 9.17) is 0 Å². The van der Waals surface area contributed by atoms with Crippen LogP contribution in [0.5, 0.6) is 0 Å². The molecule has 2 heterocycles. The standard InChI is InChI=1S/C25H27F3N4O3/c1-15(14-33)13-32-21-9-8-16(19-7-4-10-31(2)23(19)35)12-20(21)29-24(32)30-22(34)17-5-3-6-18(11-17)25(26,27)28/h3,5-6,8-9,11-12,15,19,33H,4,7,10,13-14H2,1-2H3,(H,29,30,34). The summed E-state index contributed by atoms with van der Waals surface area (Å²) < 4.78 is 41.0. The van der Waals surface area contributed by atoms with Gasteiger partial charge in [-0.1, -0.05) is 19.1 Å². The Hall–Kier alpha value is -3.40. The van der Waals surface area contributed by atoms with Crippen molar-refractivity contribution in [1.82, 2.24) is 14.5 Å². The number of amides is 2. The Balaban J connectivity index is 1.70. The van der Waals surface area contributed by atoms with Crippen LogP contribution in [0.4, 0.5) is 19.1 Å². The van der Waals surface area contributed by atoms with E-state index in [-0.39, 0.29) is 35.9 Å². The lowest BCUT2D eigenvalue weighted by atomic mass is 9.90. The Labute approximate surface area is 200 Å². The zero-order valence-electron chi connectivity index (χ0n) is 19.5. The van der Waals surface area contributed by atoms with Crippen LogP contribution in [0.15, 0.2) is 42.5 Å². The van der Waals surface area contributed by atoms with Gasteiger partial charge in [-0.05, 0) is 54.7 Å². The predicted molar refractivity (Wildman–Crippen MR) is 125 cm³/mol. The van der Waals surface area contributed by atoms with Crippen molar-refractivity contribution in [3.8, 4) is 0 Å². The summed E-state index contributed by atoms with van der Waals surface area (Å²) in [5, 5.41) is 12.2. The Bertz CT molecular complexity index is 1250. The first-order chi connectivity index (χ1) is 16.6. The number of aliphatic hydroxyl groups excluding tert-OH is 1. The van der Waals surface area contributed by atoms with Crippen molar-refractivity contribution in [2.45, 2.75) is 38.4 Å². The zero-order chi connectivity index (χ0) is 25.3. The van der Waals surface area contributed by atoms with E-state index in [2.05, 4.69) is 10.3 Å². The fourth-order valence-electron chi connectivity index (χ4n) is 4.37. The normalized spacial score (nSPS) is 17.6. The van der Waals surface area contributed by atoms with Crippen LogP contribution in [0.3, 0.4) is 0 Å². The summed E-state index contributed by atoms with van der Waals surface area (Å²) in [5.41, 5.74) is 0.993. The van der Waals surface area contributed by atoms with E-state index in [1.165, 1.54) is 12.1 Å². The number of halogens is 3. The summed E-state index contributed by atoms with van der Waals surface area (Å²) in [4.78, 5) is 31.7. The molecule has 35 heavy (non-hydrogen) atoms. The van der Waals surface area contributed by atoms with Crippen LogP contribution in [0, 0.1) is 5.92 Å². The average molecular weight is 489 g/mol. The fourth-order valence-corrected chi connectivity index (χ4v) is 4.37. The number of nitrogens with zero attached hydrogens (tertiary/aromatic N) is 3. The SMILES string of the molecule is CC(CO)Cn1c(NC(=O)c2cccc(C(F)(F)F)c2)nc2cc(C3CCCN(C)C3=O)ccc21. The molecule has 10 heteroatoms. The molecule has 7 nitrogen and oxygen atoms in total. The van der Waals surface area contributed by atoms with Gasteiger partial charge >= 0.3 is 6.18 Å². The highest BCUT2D eigenvalue weighted by atomic mass is 19.4. The van der Waals surface area contributed by atoms with Crippen molar-refractivity contribution in [3.05, 3.63) is 59.2 Å². The minimum Gasteiger partial charge on any atom is -0.396 e. The third-order valence-electron chi connectivity index (χ3n) is 6.32. The number of likely N-dealkylation sites (tertiary alicyclic amines) is 1. The van der Waals surface area contributed by atoms with Crippen molar-refractivity contribution in [2.24, 2.45) is 5.92 Å². The molecule has 1 saturated heterocycles. The van der Waals surface area contributed by atoms with Crippen molar-refractivity contribution in [3.63, 3.8) is 0 Å². The van der Waals surface area contributed by atoms with Gasteiger partial charge in [0.25, 0.3) is 5.91 Å². The second kappa shape index (κ2) is 9.69. The maximum absolute atomic E-state index is 13.1. The molecule has 1 aromatic heterocycles. The smallest absolute Gasteiger partial charge is 0.396 e. The number of fused-ring (bicyclic) bond motifs is 1. The van der Waals surface area contributed by atoms with Gasteiger partial charge in [0.1, 0.15) is 0 Å². The van der Waals surface area contributed by atoms with E-state index < -0.39 is 17.6 Å². The number of piperidine rings is 1. The van der Waals surface area contributed by atoms with Gasteiger partial charge in [-0.2, -0.15) is 13.2 Å². The van der Waals surface area contributed by atoms with E-state index in [9.17, 15) is 27.9 Å². The van der Waals surface area contributed by atoms with Crippen LogP contribution in [-0.2, 0) is 17.5 Å². The first-order valence-corrected chi connectivity index (χ1v) is 11.4. The monoisotopic (exact) mass is 488 g/mol. The number of carbonyl (C=O) groups excluding carboxylic acids is 2. The quantitative estimate of drug-likeness (QED) is 0.543. The topological polar surface area (TPSA) is 87.5 Å². The Kier molecular flexibility index (Phi) is 6.84. The number of aliphatic hydroxyl groups is 1. The lowest BCUT2D eigenvalue weighted by Crippen LogP contribution is -2.36. The summed E-state index contributed by atoms with van der Waals surface area (Å²) in [5.74, 6) is -0.963. The third-order valence-corrected chi connectivity index (χ3v) is 6.32. The Morgan fingerprint density at radius 3 is 2.74 bits per heavy atom. The molecule has 4 rings (SSSR count). The van der Waals surface area contributed by atoms with E-state index in [1.807, 2.05) is 25.1 Å². The number of likely N-dealkylation sites (N-methyl/N-ethyl adjacent to an activating group) is 1. The second-order valence-electron chi connectivity index (χ2n) is 9.07. The molecule has 1 fully saturated rings. The summed E-state index contributed by atoms with van der Waals surface area (Å²) in [6.07, 6.45) is -2.94. The third kappa shape index (κ3) is 5.17. The van der Waals surface area contributed by atoms with Crippen molar-refractivity contribution in [1.29, 1.82) is 0 Å². The zero-order valence-corrected chi connectivity index (χ0v) is 19.5. The maximum Gasteiger partial charge on any atom is 0.416 e. The minimum absolute atomic E-state index is 0.0435. The largest absolute Gasteiger partial charge is 0.416 e. The predicted octanol–water partition coefficient (Wildman–Crippen LogP) is 4.27. The molecule has 2 unspecified atom stereocenters. The number of anilines is 1. The summed E-state index contributed by atoms with van der Waals surface area (Å²) in [6.45, 7) is 2.78.